The summed E-state index contributed by atoms with van der Waals surface area (Å²) in [4.78, 5) is 16.2. The van der Waals surface area contributed by atoms with E-state index >= 15 is 0 Å². The standard InChI is InChI=1S/C14H9Cl2N3O.CO2/c15-12-6-3-10(7-13(12)16)9-1-4-11(5-2-9)20-14-8-17-19-18-14;2-1-3/h1-8H,(H,17,18,19);. The van der Waals surface area contributed by atoms with Gasteiger partial charge in [-0.1, -0.05) is 41.4 Å². The Morgan fingerprint density at radius 1 is 0.957 bits per heavy atom. The van der Waals surface area contributed by atoms with E-state index in [1.165, 1.54) is 6.20 Å². The number of aromatic nitrogens is 3. The van der Waals surface area contributed by atoms with E-state index in [1.54, 1.807) is 6.07 Å². The number of nitrogens with zero attached hydrogens (tertiary/aromatic N) is 2. The fourth-order valence-corrected chi connectivity index (χ4v) is 2.05. The van der Waals surface area contributed by atoms with Crippen LogP contribution in [0, 0.1) is 0 Å². The van der Waals surface area contributed by atoms with Gasteiger partial charge in [0.1, 0.15) is 11.9 Å². The molecule has 1 aromatic heterocycles. The maximum atomic E-state index is 8.12. The zero-order chi connectivity index (χ0) is 16.7. The van der Waals surface area contributed by atoms with E-state index in [0.717, 1.165) is 11.1 Å². The van der Waals surface area contributed by atoms with Crippen molar-refractivity contribution in [2.45, 2.75) is 0 Å². The van der Waals surface area contributed by atoms with Gasteiger partial charge in [0, 0.05) is 0 Å². The summed E-state index contributed by atoms with van der Waals surface area (Å²) in [5.74, 6) is 1.11. The fraction of sp³-hybridized carbons (Fsp3) is 0. The first-order valence-electron chi connectivity index (χ1n) is 6.22. The van der Waals surface area contributed by atoms with E-state index in [4.69, 9.17) is 37.5 Å². The van der Waals surface area contributed by atoms with Crippen molar-refractivity contribution >= 4 is 29.4 Å². The van der Waals surface area contributed by atoms with Crippen LogP contribution in [0.2, 0.25) is 10.0 Å². The highest BCUT2D eigenvalue weighted by molar-refractivity contribution is 6.42. The average molecular weight is 350 g/mol. The van der Waals surface area contributed by atoms with Gasteiger partial charge in [0.05, 0.1) is 10.0 Å². The van der Waals surface area contributed by atoms with Crippen molar-refractivity contribution in [3.05, 3.63) is 58.7 Å². The van der Waals surface area contributed by atoms with E-state index in [1.807, 2.05) is 36.4 Å². The molecule has 0 amide bonds. The molecule has 6 nitrogen and oxygen atoms in total. The molecule has 0 saturated carbocycles. The van der Waals surface area contributed by atoms with Gasteiger partial charge in [-0.2, -0.15) is 19.9 Å². The minimum Gasteiger partial charge on any atom is -0.436 e. The van der Waals surface area contributed by atoms with Crippen molar-refractivity contribution in [3.63, 3.8) is 0 Å². The van der Waals surface area contributed by atoms with Crippen LogP contribution < -0.4 is 4.74 Å². The summed E-state index contributed by atoms with van der Waals surface area (Å²) < 4.78 is 5.50. The largest absolute Gasteiger partial charge is 0.436 e. The number of carbonyl (C=O) groups excluding carboxylic acids is 2. The molecule has 8 heteroatoms. The second-order valence-electron chi connectivity index (χ2n) is 4.15. The number of halogens is 2. The SMILES string of the molecule is Clc1ccc(-c2ccc(Oc3cn[nH]n3)cc2)cc1Cl.O=C=O. The molecule has 0 saturated heterocycles. The molecule has 2 aromatic carbocycles. The minimum absolute atomic E-state index is 0.250. The van der Waals surface area contributed by atoms with E-state index in [9.17, 15) is 0 Å². The summed E-state index contributed by atoms with van der Waals surface area (Å²) in [5, 5.41) is 11.1. The highest BCUT2D eigenvalue weighted by Crippen LogP contribution is 2.30. The van der Waals surface area contributed by atoms with Crippen LogP contribution in [0.15, 0.2) is 48.7 Å². The number of rotatable bonds is 3. The van der Waals surface area contributed by atoms with Gasteiger partial charge in [0.15, 0.2) is 0 Å². The van der Waals surface area contributed by atoms with Gasteiger partial charge in [0.25, 0.3) is 5.88 Å². The lowest BCUT2D eigenvalue weighted by molar-refractivity contribution is -0.191. The second-order valence-corrected chi connectivity index (χ2v) is 4.96. The van der Waals surface area contributed by atoms with Gasteiger partial charge < -0.3 is 4.74 Å². The molecule has 0 aliphatic rings. The van der Waals surface area contributed by atoms with Gasteiger partial charge in [0.2, 0.25) is 0 Å². The molecule has 0 radical (unpaired) electrons. The van der Waals surface area contributed by atoms with Crippen molar-refractivity contribution in [2.24, 2.45) is 0 Å². The van der Waals surface area contributed by atoms with E-state index in [2.05, 4.69) is 15.4 Å². The maximum Gasteiger partial charge on any atom is 0.373 e. The maximum absolute atomic E-state index is 8.12. The molecule has 1 N–H and O–H groups in total. The Balaban J connectivity index is 0.000000595. The molecule has 116 valence electrons. The molecule has 0 spiro atoms. The summed E-state index contributed by atoms with van der Waals surface area (Å²) >= 11 is 11.9. The number of aromatic amines is 1. The highest BCUT2D eigenvalue weighted by Gasteiger charge is 2.04. The Hall–Kier alpha value is -2.66. The van der Waals surface area contributed by atoms with Crippen LogP contribution in [0.1, 0.15) is 0 Å². The van der Waals surface area contributed by atoms with E-state index in [0.29, 0.717) is 21.7 Å². The molecule has 3 rings (SSSR count). The molecule has 1 heterocycles. The third-order valence-electron chi connectivity index (χ3n) is 2.72. The van der Waals surface area contributed by atoms with Gasteiger partial charge in [-0.25, -0.2) is 0 Å². The van der Waals surface area contributed by atoms with Crippen LogP contribution >= 0.6 is 23.2 Å². The molecule has 0 aliphatic carbocycles. The van der Waals surface area contributed by atoms with Crippen LogP contribution in [0.3, 0.4) is 0 Å². The molecule has 3 aromatic rings. The van der Waals surface area contributed by atoms with Crippen LogP contribution in [0.5, 0.6) is 11.6 Å². The quantitative estimate of drug-likeness (QED) is 0.772. The summed E-state index contributed by atoms with van der Waals surface area (Å²) in [6.07, 6.45) is 1.76. The summed E-state index contributed by atoms with van der Waals surface area (Å²) in [7, 11) is 0. The third kappa shape index (κ3) is 4.66. The van der Waals surface area contributed by atoms with Crippen LogP contribution in [-0.2, 0) is 9.59 Å². The molecular formula is C15H9Cl2N3O3. The lowest BCUT2D eigenvalue weighted by Gasteiger charge is -2.05. The Kier molecular flexibility index (Phi) is 5.88. The second kappa shape index (κ2) is 8.10. The average Bonchev–Trinajstić information content (AvgIpc) is 3.05. The van der Waals surface area contributed by atoms with E-state index in [-0.39, 0.29) is 6.15 Å². The fourth-order valence-electron chi connectivity index (χ4n) is 1.75. The predicted octanol–water partition coefficient (Wildman–Crippen LogP) is 3.99. The smallest absolute Gasteiger partial charge is 0.373 e. The van der Waals surface area contributed by atoms with Crippen molar-refractivity contribution in [3.8, 4) is 22.8 Å². The highest BCUT2D eigenvalue weighted by atomic mass is 35.5. The zero-order valence-corrected chi connectivity index (χ0v) is 13.0. The minimum atomic E-state index is 0.250. The molecule has 23 heavy (non-hydrogen) atoms. The Morgan fingerprint density at radius 3 is 2.17 bits per heavy atom. The zero-order valence-electron chi connectivity index (χ0n) is 11.5. The van der Waals surface area contributed by atoms with Gasteiger partial charge in [-0.3, -0.25) is 0 Å². The number of H-pyrrole nitrogens is 1. The number of ether oxygens (including phenoxy) is 1. The molecule has 0 unspecified atom stereocenters. The van der Waals surface area contributed by atoms with Crippen molar-refractivity contribution in [1.29, 1.82) is 0 Å². The summed E-state index contributed by atoms with van der Waals surface area (Å²) in [6.45, 7) is 0. The normalized spacial score (nSPS) is 9.48. The number of hydrogen-bond acceptors (Lipinski definition) is 5. The number of hydrogen-bond donors (Lipinski definition) is 1. The van der Waals surface area contributed by atoms with Crippen molar-refractivity contribution in [2.75, 3.05) is 0 Å². The molecule has 0 aliphatic heterocycles. The lowest BCUT2D eigenvalue weighted by Crippen LogP contribution is -1.85. The first kappa shape index (κ1) is 16.7. The predicted molar refractivity (Wildman–Crippen MR) is 83.4 cm³/mol. The van der Waals surface area contributed by atoms with E-state index < -0.39 is 0 Å². The first-order valence-corrected chi connectivity index (χ1v) is 6.98. The Bertz CT molecular complexity index is 799. The molecule has 0 bridgehead atoms. The monoisotopic (exact) mass is 349 g/mol. The van der Waals surface area contributed by atoms with Gasteiger partial charge in [-0.15, -0.1) is 5.10 Å². The Morgan fingerprint density at radius 2 is 1.61 bits per heavy atom. The number of nitrogens with one attached hydrogen (secondary N) is 1. The van der Waals surface area contributed by atoms with Crippen molar-refractivity contribution in [1.82, 2.24) is 15.4 Å². The van der Waals surface area contributed by atoms with Gasteiger partial charge in [-0.05, 0) is 35.4 Å². The summed E-state index contributed by atoms with van der Waals surface area (Å²) in [5.41, 5.74) is 2.02. The molecular weight excluding hydrogens is 341 g/mol. The molecule has 0 fully saturated rings. The topological polar surface area (TPSA) is 84.9 Å². The van der Waals surface area contributed by atoms with Crippen LogP contribution in [0.25, 0.3) is 11.1 Å². The lowest BCUT2D eigenvalue weighted by atomic mass is 10.1. The van der Waals surface area contributed by atoms with Crippen LogP contribution in [0.4, 0.5) is 0 Å². The Labute approximate surface area is 141 Å². The van der Waals surface area contributed by atoms with Gasteiger partial charge >= 0.3 is 6.15 Å². The van der Waals surface area contributed by atoms with Crippen LogP contribution in [-0.4, -0.2) is 21.6 Å². The first-order chi connectivity index (χ1) is 11.1. The third-order valence-corrected chi connectivity index (χ3v) is 3.46. The summed E-state index contributed by atoms with van der Waals surface area (Å²) in [6, 6.07) is 13.1. The van der Waals surface area contributed by atoms with Crippen molar-refractivity contribution < 1.29 is 14.3 Å². The molecule has 0 atom stereocenters. The number of benzene rings is 2.